The molecule has 1 saturated heterocycles. The van der Waals surface area contributed by atoms with Crippen LogP contribution >= 0.6 is 0 Å². The van der Waals surface area contributed by atoms with Crippen molar-refractivity contribution < 1.29 is 9.18 Å². The number of carbonyl (C=O) groups is 1. The SMILES string of the molecule is CC(=O)N1CC2(CCN(CC3=C(C)C=CCC3(C)C)CC2)c2cc(F)ccc21. The summed E-state index contributed by atoms with van der Waals surface area (Å²) in [6, 6.07) is 4.91. The first-order valence-electron chi connectivity index (χ1n) is 10.4. The van der Waals surface area contributed by atoms with E-state index in [0.29, 0.717) is 6.54 Å². The Morgan fingerprint density at radius 3 is 2.57 bits per heavy atom. The lowest BCUT2D eigenvalue weighted by Crippen LogP contribution is -2.47. The number of carbonyl (C=O) groups excluding carboxylic acids is 1. The number of hydrogen-bond donors (Lipinski definition) is 0. The first-order valence-corrected chi connectivity index (χ1v) is 10.4. The second-order valence-corrected chi connectivity index (χ2v) is 9.48. The Bertz CT molecular complexity index is 859. The van der Waals surface area contributed by atoms with E-state index >= 15 is 0 Å². The number of allylic oxidation sites excluding steroid dienone is 3. The van der Waals surface area contributed by atoms with Gasteiger partial charge in [-0.25, -0.2) is 4.39 Å². The standard InChI is InChI=1S/C24H31FN2O/c1-17-6-5-9-23(3,4)21(17)15-26-12-10-24(11-13-26)16-27(18(2)28)22-8-7-19(25)14-20(22)24/h5-8,14H,9-13,15-16H2,1-4H3. The lowest BCUT2D eigenvalue weighted by Gasteiger charge is -2.42. The summed E-state index contributed by atoms with van der Waals surface area (Å²) in [7, 11) is 0. The van der Waals surface area contributed by atoms with Gasteiger partial charge in [0.25, 0.3) is 0 Å². The van der Waals surface area contributed by atoms with Gasteiger partial charge in [-0.15, -0.1) is 0 Å². The van der Waals surface area contributed by atoms with E-state index in [0.717, 1.165) is 50.1 Å². The van der Waals surface area contributed by atoms with Crippen LogP contribution in [0.5, 0.6) is 0 Å². The van der Waals surface area contributed by atoms with Crippen LogP contribution in [0.4, 0.5) is 10.1 Å². The van der Waals surface area contributed by atoms with Crippen LogP contribution in [0.15, 0.2) is 41.5 Å². The van der Waals surface area contributed by atoms with Crippen molar-refractivity contribution in [3.05, 3.63) is 52.9 Å². The van der Waals surface area contributed by atoms with E-state index in [1.54, 1.807) is 19.1 Å². The van der Waals surface area contributed by atoms with Crippen molar-refractivity contribution >= 4 is 11.6 Å². The molecule has 0 N–H and O–H groups in total. The smallest absolute Gasteiger partial charge is 0.223 e. The van der Waals surface area contributed by atoms with Crippen molar-refractivity contribution in [2.75, 3.05) is 31.1 Å². The van der Waals surface area contributed by atoms with Gasteiger partial charge in [0.15, 0.2) is 0 Å². The summed E-state index contributed by atoms with van der Waals surface area (Å²) in [6.45, 7) is 12.2. The Morgan fingerprint density at radius 1 is 1.21 bits per heavy atom. The maximum Gasteiger partial charge on any atom is 0.223 e. The highest BCUT2D eigenvalue weighted by Crippen LogP contribution is 2.48. The van der Waals surface area contributed by atoms with E-state index in [4.69, 9.17) is 0 Å². The summed E-state index contributed by atoms with van der Waals surface area (Å²) in [4.78, 5) is 16.5. The number of halogens is 1. The normalized spacial score (nSPS) is 23.4. The minimum atomic E-state index is -0.206. The van der Waals surface area contributed by atoms with E-state index in [1.807, 2.05) is 4.90 Å². The number of hydrogen-bond acceptors (Lipinski definition) is 2. The fourth-order valence-electron chi connectivity index (χ4n) is 5.34. The van der Waals surface area contributed by atoms with Crippen LogP contribution in [-0.4, -0.2) is 37.0 Å². The largest absolute Gasteiger partial charge is 0.311 e. The van der Waals surface area contributed by atoms with Crippen LogP contribution in [0.2, 0.25) is 0 Å². The molecule has 0 saturated carbocycles. The maximum atomic E-state index is 14.0. The highest BCUT2D eigenvalue weighted by molar-refractivity contribution is 5.94. The van der Waals surface area contributed by atoms with Crippen LogP contribution in [0.25, 0.3) is 0 Å². The zero-order valence-electron chi connectivity index (χ0n) is 17.5. The molecule has 1 amide bonds. The molecule has 1 fully saturated rings. The van der Waals surface area contributed by atoms with E-state index in [9.17, 15) is 9.18 Å². The third kappa shape index (κ3) is 3.22. The number of benzene rings is 1. The molecule has 3 aliphatic rings. The Kier molecular flexibility index (Phi) is 4.73. The van der Waals surface area contributed by atoms with E-state index in [1.165, 1.54) is 17.2 Å². The summed E-state index contributed by atoms with van der Waals surface area (Å²) in [6.07, 6.45) is 7.57. The van der Waals surface area contributed by atoms with Crippen LogP contribution in [0.1, 0.15) is 52.5 Å². The number of nitrogens with zero attached hydrogens (tertiary/aromatic N) is 2. The Labute approximate surface area is 167 Å². The monoisotopic (exact) mass is 382 g/mol. The lowest BCUT2D eigenvalue weighted by atomic mass is 9.73. The Balaban J connectivity index is 1.54. The molecule has 0 aromatic heterocycles. The van der Waals surface area contributed by atoms with Crippen molar-refractivity contribution in [2.45, 2.75) is 52.4 Å². The number of anilines is 1. The second-order valence-electron chi connectivity index (χ2n) is 9.48. The molecule has 0 unspecified atom stereocenters. The van der Waals surface area contributed by atoms with Gasteiger partial charge in [-0.1, -0.05) is 31.6 Å². The molecule has 0 bridgehead atoms. The number of piperidine rings is 1. The van der Waals surface area contributed by atoms with Gasteiger partial charge in [0.05, 0.1) is 0 Å². The minimum absolute atomic E-state index is 0.0451. The highest BCUT2D eigenvalue weighted by atomic mass is 19.1. The van der Waals surface area contributed by atoms with E-state index < -0.39 is 0 Å². The van der Waals surface area contributed by atoms with Gasteiger partial charge in [0, 0.05) is 31.1 Å². The van der Waals surface area contributed by atoms with Crippen LogP contribution in [0, 0.1) is 11.2 Å². The molecule has 150 valence electrons. The fourth-order valence-corrected chi connectivity index (χ4v) is 5.34. The molecule has 28 heavy (non-hydrogen) atoms. The quantitative estimate of drug-likeness (QED) is 0.731. The Hall–Kier alpha value is -1.94. The predicted molar refractivity (Wildman–Crippen MR) is 112 cm³/mol. The van der Waals surface area contributed by atoms with Gasteiger partial charge in [-0.2, -0.15) is 0 Å². The molecule has 4 rings (SSSR count). The van der Waals surface area contributed by atoms with Gasteiger partial charge < -0.3 is 4.90 Å². The van der Waals surface area contributed by atoms with Crippen molar-refractivity contribution in [3.63, 3.8) is 0 Å². The minimum Gasteiger partial charge on any atom is -0.311 e. The first-order chi connectivity index (χ1) is 13.2. The topological polar surface area (TPSA) is 23.6 Å². The van der Waals surface area contributed by atoms with Gasteiger partial charge in [0.1, 0.15) is 5.82 Å². The summed E-state index contributed by atoms with van der Waals surface area (Å²) in [5.41, 5.74) is 4.97. The fraction of sp³-hybridized carbons (Fsp3) is 0.542. The molecule has 0 radical (unpaired) electrons. The van der Waals surface area contributed by atoms with Crippen molar-refractivity contribution in [1.82, 2.24) is 4.90 Å². The molecule has 2 aliphatic heterocycles. The van der Waals surface area contributed by atoms with Gasteiger partial charge in [0.2, 0.25) is 5.91 Å². The molecule has 2 heterocycles. The molecule has 1 aromatic carbocycles. The summed E-state index contributed by atoms with van der Waals surface area (Å²) in [5.74, 6) is -0.161. The zero-order valence-corrected chi connectivity index (χ0v) is 17.5. The van der Waals surface area contributed by atoms with Gasteiger partial charge in [-0.05, 0) is 74.0 Å². The molecular weight excluding hydrogens is 351 g/mol. The van der Waals surface area contributed by atoms with Crippen LogP contribution in [-0.2, 0) is 10.2 Å². The molecule has 0 atom stereocenters. The first kappa shape index (κ1) is 19.4. The third-order valence-electron chi connectivity index (χ3n) is 7.15. The molecular formula is C24H31FN2O. The second kappa shape index (κ2) is 6.84. The molecule has 1 spiro atoms. The maximum absolute atomic E-state index is 14.0. The summed E-state index contributed by atoms with van der Waals surface area (Å²) in [5, 5.41) is 0. The van der Waals surface area contributed by atoms with Gasteiger partial charge >= 0.3 is 0 Å². The number of amides is 1. The molecule has 1 aromatic rings. The van der Waals surface area contributed by atoms with E-state index in [2.05, 4.69) is 37.8 Å². The average molecular weight is 383 g/mol. The average Bonchev–Trinajstić information content (AvgIpc) is 2.94. The summed E-state index contributed by atoms with van der Waals surface area (Å²) >= 11 is 0. The summed E-state index contributed by atoms with van der Waals surface area (Å²) < 4.78 is 14.0. The number of fused-ring (bicyclic) bond motifs is 2. The zero-order chi connectivity index (χ0) is 20.1. The lowest BCUT2D eigenvalue weighted by molar-refractivity contribution is -0.116. The molecule has 1 aliphatic carbocycles. The molecule has 3 nitrogen and oxygen atoms in total. The number of likely N-dealkylation sites (tertiary alicyclic amines) is 1. The van der Waals surface area contributed by atoms with Crippen molar-refractivity contribution in [2.24, 2.45) is 5.41 Å². The van der Waals surface area contributed by atoms with Crippen molar-refractivity contribution in [3.8, 4) is 0 Å². The third-order valence-corrected chi connectivity index (χ3v) is 7.15. The highest BCUT2D eigenvalue weighted by Gasteiger charge is 2.46. The molecule has 4 heteroatoms. The van der Waals surface area contributed by atoms with Crippen molar-refractivity contribution in [1.29, 1.82) is 0 Å². The van der Waals surface area contributed by atoms with Crippen LogP contribution in [0.3, 0.4) is 0 Å². The van der Waals surface area contributed by atoms with Crippen LogP contribution < -0.4 is 4.90 Å². The predicted octanol–water partition coefficient (Wildman–Crippen LogP) is 4.83. The Morgan fingerprint density at radius 2 is 1.93 bits per heavy atom. The van der Waals surface area contributed by atoms with Gasteiger partial charge in [-0.3, -0.25) is 9.69 Å². The van der Waals surface area contributed by atoms with E-state index in [-0.39, 0.29) is 22.6 Å². The number of rotatable bonds is 2.